The van der Waals surface area contributed by atoms with Crippen molar-refractivity contribution < 1.29 is 4.39 Å². The second kappa shape index (κ2) is 8.03. The molecule has 1 fully saturated rings. The maximum absolute atomic E-state index is 14.0. The summed E-state index contributed by atoms with van der Waals surface area (Å²) in [5, 5.41) is 11.7. The van der Waals surface area contributed by atoms with Crippen molar-refractivity contribution in [3.8, 4) is 0 Å². The SMILES string of the molecule is CN1CCN(c2cccc(Nc3ncc4c(n3)C(=N)C=C4c3ccc4ncc(F)n4c3)c2)CC1. The Kier molecular flexibility index (Phi) is 4.84. The molecule has 0 bridgehead atoms. The van der Waals surface area contributed by atoms with Crippen LogP contribution in [-0.4, -0.2) is 63.2 Å². The number of pyridine rings is 1. The summed E-state index contributed by atoms with van der Waals surface area (Å²) in [6.07, 6.45) is 6.34. The van der Waals surface area contributed by atoms with Crippen molar-refractivity contribution >= 4 is 34.3 Å². The first-order valence-corrected chi connectivity index (χ1v) is 11.2. The van der Waals surface area contributed by atoms with E-state index in [1.807, 2.05) is 18.2 Å². The lowest BCUT2D eigenvalue weighted by Crippen LogP contribution is -2.44. The number of allylic oxidation sites excluding steroid dienone is 1. The first-order valence-electron chi connectivity index (χ1n) is 11.2. The van der Waals surface area contributed by atoms with Gasteiger partial charge >= 0.3 is 0 Å². The molecule has 1 aliphatic heterocycles. The quantitative estimate of drug-likeness (QED) is 0.490. The van der Waals surface area contributed by atoms with Gasteiger partial charge in [0.25, 0.3) is 0 Å². The molecule has 2 aliphatic rings. The average molecular weight is 455 g/mol. The zero-order chi connectivity index (χ0) is 23.2. The second-order valence-electron chi connectivity index (χ2n) is 8.62. The van der Waals surface area contributed by atoms with Gasteiger partial charge in [-0.05, 0) is 54.6 Å². The van der Waals surface area contributed by atoms with E-state index in [-0.39, 0.29) is 0 Å². The number of rotatable bonds is 4. The number of anilines is 3. The molecular formula is C25H23FN8. The van der Waals surface area contributed by atoms with Gasteiger partial charge in [0, 0.05) is 55.5 Å². The first kappa shape index (κ1) is 20.5. The summed E-state index contributed by atoms with van der Waals surface area (Å²) in [6, 6.07) is 11.9. The lowest BCUT2D eigenvalue weighted by Gasteiger charge is -2.34. The summed E-state index contributed by atoms with van der Waals surface area (Å²) in [5.74, 6) is 0.00475. The van der Waals surface area contributed by atoms with E-state index in [2.05, 4.69) is 49.2 Å². The monoisotopic (exact) mass is 454 g/mol. The van der Waals surface area contributed by atoms with E-state index in [9.17, 15) is 4.39 Å². The van der Waals surface area contributed by atoms with Crippen molar-refractivity contribution in [2.45, 2.75) is 0 Å². The Morgan fingerprint density at radius 3 is 2.74 bits per heavy atom. The molecule has 6 rings (SSSR count). The molecule has 1 aromatic carbocycles. The van der Waals surface area contributed by atoms with Crippen molar-refractivity contribution in [1.29, 1.82) is 5.41 Å². The lowest BCUT2D eigenvalue weighted by molar-refractivity contribution is 0.313. The summed E-state index contributed by atoms with van der Waals surface area (Å²) in [6.45, 7) is 4.08. The summed E-state index contributed by atoms with van der Waals surface area (Å²) in [5.41, 5.74) is 5.76. The second-order valence-corrected chi connectivity index (χ2v) is 8.62. The molecule has 0 unspecified atom stereocenters. The van der Waals surface area contributed by atoms with Crippen LogP contribution in [0, 0.1) is 11.4 Å². The highest BCUT2D eigenvalue weighted by Crippen LogP contribution is 2.32. The molecule has 8 nitrogen and oxygen atoms in total. The van der Waals surface area contributed by atoms with Crippen LogP contribution in [0.2, 0.25) is 0 Å². The fourth-order valence-electron chi connectivity index (χ4n) is 4.46. The van der Waals surface area contributed by atoms with Crippen LogP contribution in [-0.2, 0) is 0 Å². The molecule has 9 heteroatoms. The minimum Gasteiger partial charge on any atom is -0.369 e. The van der Waals surface area contributed by atoms with E-state index in [1.165, 1.54) is 10.6 Å². The van der Waals surface area contributed by atoms with Gasteiger partial charge in [-0.3, -0.25) is 9.81 Å². The molecule has 170 valence electrons. The predicted molar refractivity (Wildman–Crippen MR) is 131 cm³/mol. The summed E-state index contributed by atoms with van der Waals surface area (Å²) in [7, 11) is 2.15. The third-order valence-electron chi connectivity index (χ3n) is 6.36. The average Bonchev–Trinajstić information content (AvgIpc) is 3.39. The Morgan fingerprint density at radius 2 is 1.88 bits per heavy atom. The minimum absolute atomic E-state index is 0.299. The third-order valence-corrected chi connectivity index (χ3v) is 6.36. The minimum atomic E-state index is -0.430. The van der Waals surface area contributed by atoms with Crippen LogP contribution in [0.4, 0.5) is 21.7 Å². The zero-order valence-electron chi connectivity index (χ0n) is 18.7. The van der Waals surface area contributed by atoms with E-state index in [1.54, 1.807) is 24.5 Å². The summed E-state index contributed by atoms with van der Waals surface area (Å²) >= 11 is 0. The number of piperazine rings is 1. The zero-order valence-corrected chi connectivity index (χ0v) is 18.7. The van der Waals surface area contributed by atoms with Gasteiger partial charge in [-0.15, -0.1) is 0 Å². The molecule has 1 saturated heterocycles. The number of hydrogen-bond donors (Lipinski definition) is 2. The Bertz CT molecular complexity index is 1450. The number of fused-ring (bicyclic) bond motifs is 2. The molecule has 0 radical (unpaired) electrons. The number of likely N-dealkylation sites (N-methyl/N-ethyl adjacent to an activating group) is 1. The number of aromatic nitrogens is 4. The van der Waals surface area contributed by atoms with Gasteiger partial charge in [-0.2, -0.15) is 4.39 Å². The van der Waals surface area contributed by atoms with Crippen molar-refractivity contribution in [3.63, 3.8) is 0 Å². The smallest absolute Gasteiger partial charge is 0.227 e. The molecule has 34 heavy (non-hydrogen) atoms. The van der Waals surface area contributed by atoms with E-state index >= 15 is 0 Å². The van der Waals surface area contributed by atoms with Crippen LogP contribution in [0.1, 0.15) is 16.8 Å². The topological polar surface area (TPSA) is 85.4 Å². The number of benzene rings is 1. The fourth-order valence-corrected chi connectivity index (χ4v) is 4.46. The number of hydrogen-bond acceptors (Lipinski definition) is 7. The molecule has 0 atom stereocenters. The van der Waals surface area contributed by atoms with E-state index in [0.717, 1.165) is 54.3 Å². The molecule has 1 aliphatic carbocycles. The number of halogens is 1. The maximum Gasteiger partial charge on any atom is 0.227 e. The molecule has 0 amide bonds. The standard InChI is InChI=1S/C25H23FN8/c1-32-7-9-33(10-8-32)18-4-2-3-17(11-18)30-25-29-13-20-19(12-21(27)24(20)31-25)16-5-6-23-28-14-22(26)34(23)15-16/h2-6,11-15,27H,7-10H2,1H3,(H,29,30,31). The van der Waals surface area contributed by atoms with Crippen LogP contribution in [0.5, 0.6) is 0 Å². The van der Waals surface area contributed by atoms with Gasteiger partial charge in [0.15, 0.2) is 0 Å². The van der Waals surface area contributed by atoms with Gasteiger partial charge in [0.2, 0.25) is 11.9 Å². The van der Waals surface area contributed by atoms with Gasteiger partial charge in [-0.25, -0.2) is 15.0 Å². The largest absolute Gasteiger partial charge is 0.369 e. The van der Waals surface area contributed by atoms with Crippen LogP contribution in [0.25, 0.3) is 11.2 Å². The highest BCUT2D eigenvalue weighted by Gasteiger charge is 2.23. The lowest BCUT2D eigenvalue weighted by atomic mass is 10.0. The number of nitrogens with one attached hydrogen (secondary N) is 2. The molecule has 2 N–H and O–H groups in total. The normalized spacial score (nSPS) is 16.1. The molecule has 0 saturated carbocycles. The van der Waals surface area contributed by atoms with Crippen LogP contribution in [0.3, 0.4) is 0 Å². The van der Waals surface area contributed by atoms with Gasteiger partial charge < -0.3 is 15.1 Å². The first-order chi connectivity index (χ1) is 16.5. The van der Waals surface area contributed by atoms with Gasteiger partial charge in [0.1, 0.15) is 11.3 Å². The van der Waals surface area contributed by atoms with Crippen LogP contribution in [0.15, 0.2) is 61.1 Å². The van der Waals surface area contributed by atoms with Crippen LogP contribution < -0.4 is 10.2 Å². The van der Waals surface area contributed by atoms with E-state index < -0.39 is 5.95 Å². The fraction of sp³-hybridized carbons (Fsp3) is 0.200. The third kappa shape index (κ3) is 3.60. The highest BCUT2D eigenvalue weighted by atomic mass is 19.1. The van der Waals surface area contributed by atoms with Crippen molar-refractivity contribution in [1.82, 2.24) is 24.3 Å². The van der Waals surface area contributed by atoms with Crippen molar-refractivity contribution in [2.75, 3.05) is 43.4 Å². The van der Waals surface area contributed by atoms with E-state index in [4.69, 9.17) is 5.41 Å². The Hall–Kier alpha value is -4.11. The molecule has 4 aromatic rings. The van der Waals surface area contributed by atoms with Gasteiger partial charge in [0.05, 0.1) is 11.9 Å². The Balaban J connectivity index is 1.26. The summed E-state index contributed by atoms with van der Waals surface area (Å²) in [4.78, 5) is 17.9. The van der Waals surface area contributed by atoms with E-state index in [0.29, 0.717) is 23.0 Å². The molecule has 4 heterocycles. The summed E-state index contributed by atoms with van der Waals surface area (Å²) < 4.78 is 15.4. The molecular weight excluding hydrogens is 431 g/mol. The Morgan fingerprint density at radius 1 is 1.03 bits per heavy atom. The molecule has 0 spiro atoms. The molecule has 3 aromatic heterocycles. The predicted octanol–water partition coefficient (Wildman–Crippen LogP) is 3.57. The van der Waals surface area contributed by atoms with Crippen molar-refractivity contribution in [3.05, 3.63) is 83.8 Å². The number of nitrogens with zero attached hydrogens (tertiary/aromatic N) is 6. The highest BCUT2D eigenvalue weighted by molar-refractivity contribution is 6.19. The maximum atomic E-state index is 14.0. The van der Waals surface area contributed by atoms with Crippen LogP contribution >= 0.6 is 0 Å². The van der Waals surface area contributed by atoms with Crippen molar-refractivity contribution in [2.24, 2.45) is 0 Å². The van der Waals surface area contributed by atoms with Gasteiger partial charge in [-0.1, -0.05) is 6.07 Å². The number of imidazole rings is 1. The Labute approximate surface area is 195 Å².